The molecule has 0 bridgehead atoms. The minimum atomic E-state index is -0.408. The van der Waals surface area contributed by atoms with Gasteiger partial charge in [-0.15, -0.1) is 0 Å². The van der Waals surface area contributed by atoms with Crippen molar-refractivity contribution in [3.05, 3.63) is 0 Å². The number of amides is 1. The lowest BCUT2D eigenvalue weighted by Crippen LogP contribution is -2.47. The molecular weight excluding hydrogens is 218 g/mol. The summed E-state index contributed by atoms with van der Waals surface area (Å²) in [5, 5.41) is 9.78. The van der Waals surface area contributed by atoms with Crippen molar-refractivity contribution in [3.63, 3.8) is 0 Å². The molecule has 0 spiro atoms. The van der Waals surface area contributed by atoms with Gasteiger partial charge < -0.3 is 14.7 Å². The molecule has 0 aromatic heterocycles. The molecule has 1 rings (SSSR count). The standard InChI is InChI=1S/C13H25NO3/c1-5-10-9-14(7-6-11(10)15)12(16)8-13(2,3)17-4/h10-11,15H,5-9H2,1-4H3. The number of hydrogen-bond acceptors (Lipinski definition) is 3. The summed E-state index contributed by atoms with van der Waals surface area (Å²) in [4.78, 5) is 14.0. The van der Waals surface area contributed by atoms with Gasteiger partial charge in [-0.2, -0.15) is 0 Å². The van der Waals surface area contributed by atoms with E-state index in [-0.39, 0.29) is 17.9 Å². The lowest BCUT2D eigenvalue weighted by molar-refractivity contribution is -0.140. The number of aliphatic hydroxyl groups is 1. The van der Waals surface area contributed by atoms with Gasteiger partial charge in [0.15, 0.2) is 0 Å². The number of rotatable bonds is 4. The molecule has 2 atom stereocenters. The summed E-state index contributed by atoms with van der Waals surface area (Å²) in [5.41, 5.74) is -0.408. The fourth-order valence-corrected chi connectivity index (χ4v) is 2.20. The predicted molar refractivity (Wildman–Crippen MR) is 66.7 cm³/mol. The molecule has 0 aromatic carbocycles. The fourth-order valence-electron chi connectivity index (χ4n) is 2.20. The van der Waals surface area contributed by atoms with Crippen LogP contribution < -0.4 is 0 Å². The van der Waals surface area contributed by atoms with Crippen LogP contribution in [0.1, 0.15) is 40.0 Å². The molecule has 0 radical (unpaired) electrons. The Labute approximate surface area is 104 Å². The van der Waals surface area contributed by atoms with Gasteiger partial charge in [0.2, 0.25) is 5.91 Å². The highest BCUT2D eigenvalue weighted by atomic mass is 16.5. The van der Waals surface area contributed by atoms with Crippen molar-refractivity contribution in [1.29, 1.82) is 0 Å². The molecule has 0 saturated carbocycles. The lowest BCUT2D eigenvalue weighted by Gasteiger charge is -2.37. The zero-order chi connectivity index (χ0) is 13.1. The monoisotopic (exact) mass is 243 g/mol. The zero-order valence-electron chi connectivity index (χ0n) is 11.4. The average molecular weight is 243 g/mol. The van der Waals surface area contributed by atoms with E-state index >= 15 is 0 Å². The van der Waals surface area contributed by atoms with E-state index in [0.717, 1.165) is 6.42 Å². The maximum atomic E-state index is 12.1. The molecule has 0 aliphatic carbocycles. The normalized spacial score (nSPS) is 26.1. The van der Waals surface area contributed by atoms with Gasteiger partial charge in [-0.1, -0.05) is 6.92 Å². The first-order valence-electron chi connectivity index (χ1n) is 6.40. The van der Waals surface area contributed by atoms with E-state index in [1.54, 1.807) is 7.11 Å². The Morgan fingerprint density at radius 2 is 2.18 bits per heavy atom. The Morgan fingerprint density at radius 1 is 1.53 bits per heavy atom. The van der Waals surface area contributed by atoms with Gasteiger partial charge in [0.25, 0.3) is 0 Å². The van der Waals surface area contributed by atoms with Crippen molar-refractivity contribution in [1.82, 2.24) is 4.90 Å². The van der Waals surface area contributed by atoms with Crippen molar-refractivity contribution in [2.75, 3.05) is 20.2 Å². The summed E-state index contributed by atoms with van der Waals surface area (Å²) in [6, 6.07) is 0. The summed E-state index contributed by atoms with van der Waals surface area (Å²) in [7, 11) is 1.63. The molecule has 1 saturated heterocycles. The van der Waals surface area contributed by atoms with E-state index in [2.05, 4.69) is 6.92 Å². The molecule has 1 heterocycles. The largest absolute Gasteiger partial charge is 0.393 e. The first kappa shape index (κ1) is 14.5. The smallest absolute Gasteiger partial charge is 0.225 e. The minimum absolute atomic E-state index is 0.127. The van der Waals surface area contributed by atoms with E-state index in [1.165, 1.54) is 0 Å². The summed E-state index contributed by atoms with van der Waals surface area (Å²) in [5.74, 6) is 0.348. The van der Waals surface area contributed by atoms with Crippen LogP contribution >= 0.6 is 0 Å². The predicted octanol–water partition coefficient (Wildman–Crippen LogP) is 1.42. The first-order chi connectivity index (χ1) is 7.89. The van der Waals surface area contributed by atoms with Crippen molar-refractivity contribution in [3.8, 4) is 0 Å². The van der Waals surface area contributed by atoms with Crippen LogP contribution in [0.3, 0.4) is 0 Å². The molecular formula is C13H25NO3. The quantitative estimate of drug-likeness (QED) is 0.812. The third-order valence-electron chi connectivity index (χ3n) is 3.70. The number of carbonyl (C=O) groups is 1. The van der Waals surface area contributed by atoms with Gasteiger partial charge in [0.05, 0.1) is 18.1 Å². The summed E-state index contributed by atoms with van der Waals surface area (Å²) >= 11 is 0. The van der Waals surface area contributed by atoms with Gasteiger partial charge >= 0.3 is 0 Å². The van der Waals surface area contributed by atoms with Crippen molar-refractivity contribution in [2.45, 2.75) is 51.7 Å². The highest BCUT2D eigenvalue weighted by Crippen LogP contribution is 2.22. The van der Waals surface area contributed by atoms with Crippen molar-refractivity contribution >= 4 is 5.91 Å². The Hall–Kier alpha value is -0.610. The summed E-state index contributed by atoms with van der Waals surface area (Å²) in [6.07, 6.45) is 1.76. The molecule has 4 heteroatoms. The van der Waals surface area contributed by atoms with Crippen LogP contribution in [0.5, 0.6) is 0 Å². The highest BCUT2D eigenvalue weighted by molar-refractivity contribution is 5.77. The number of piperidine rings is 1. The highest BCUT2D eigenvalue weighted by Gasteiger charge is 2.31. The third-order valence-corrected chi connectivity index (χ3v) is 3.70. The number of ether oxygens (including phenoxy) is 1. The lowest BCUT2D eigenvalue weighted by atomic mass is 9.91. The second-order valence-corrected chi connectivity index (χ2v) is 5.50. The van der Waals surface area contributed by atoms with Crippen LogP contribution in [-0.2, 0) is 9.53 Å². The number of methoxy groups -OCH3 is 1. The number of hydrogen-bond donors (Lipinski definition) is 1. The summed E-state index contributed by atoms with van der Waals surface area (Å²) in [6.45, 7) is 7.23. The number of carbonyl (C=O) groups excluding carboxylic acids is 1. The van der Waals surface area contributed by atoms with Crippen LogP contribution in [0, 0.1) is 5.92 Å². The zero-order valence-corrected chi connectivity index (χ0v) is 11.4. The Morgan fingerprint density at radius 3 is 2.71 bits per heavy atom. The van der Waals surface area contributed by atoms with E-state index in [0.29, 0.717) is 25.9 Å². The Balaban J connectivity index is 2.53. The average Bonchev–Trinajstić information content (AvgIpc) is 2.29. The molecule has 1 fully saturated rings. The molecule has 0 aromatic rings. The van der Waals surface area contributed by atoms with Gasteiger partial charge in [0, 0.05) is 26.1 Å². The van der Waals surface area contributed by atoms with E-state index < -0.39 is 5.60 Å². The van der Waals surface area contributed by atoms with E-state index in [1.807, 2.05) is 18.7 Å². The van der Waals surface area contributed by atoms with Crippen LogP contribution in [0.4, 0.5) is 0 Å². The third kappa shape index (κ3) is 3.96. The second-order valence-electron chi connectivity index (χ2n) is 5.50. The van der Waals surface area contributed by atoms with Gasteiger partial charge in [-0.25, -0.2) is 0 Å². The first-order valence-corrected chi connectivity index (χ1v) is 6.40. The SMILES string of the molecule is CCC1CN(C(=O)CC(C)(C)OC)CCC1O. The Kier molecular flexibility index (Phi) is 4.95. The maximum Gasteiger partial charge on any atom is 0.225 e. The molecule has 2 unspecified atom stereocenters. The molecule has 4 nitrogen and oxygen atoms in total. The van der Waals surface area contributed by atoms with Gasteiger partial charge in [-0.3, -0.25) is 4.79 Å². The van der Waals surface area contributed by atoms with Crippen molar-refractivity contribution in [2.24, 2.45) is 5.92 Å². The second kappa shape index (κ2) is 5.83. The molecule has 1 amide bonds. The van der Waals surface area contributed by atoms with E-state index in [9.17, 15) is 9.90 Å². The van der Waals surface area contributed by atoms with Crippen LogP contribution in [0.2, 0.25) is 0 Å². The van der Waals surface area contributed by atoms with Crippen molar-refractivity contribution < 1.29 is 14.6 Å². The molecule has 1 aliphatic rings. The number of likely N-dealkylation sites (tertiary alicyclic amines) is 1. The maximum absolute atomic E-state index is 12.1. The van der Waals surface area contributed by atoms with Crippen LogP contribution in [0.25, 0.3) is 0 Å². The summed E-state index contributed by atoms with van der Waals surface area (Å²) < 4.78 is 5.28. The topological polar surface area (TPSA) is 49.8 Å². The van der Waals surface area contributed by atoms with Gasteiger partial charge in [-0.05, 0) is 26.7 Å². The fraction of sp³-hybridized carbons (Fsp3) is 0.923. The molecule has 1 aliphatic heterocycles. The van der Waals surface area contributed by atoms with E-state index in [4.69, 9.17) is 4.74 Å². The Bertz CT molecular complexity index is 265. The number of nitrogens with zero attached hydrogens (tertiary/aromatic N) is 1. The minimum Gasteiger partial charge on any atom is -0.393 e. The van der Waals surface area contributed by atoms with Crippen LogP contribution in [-0.4, -0.2) is 47.8 Å². The van der Waals surface area contributed by atoms with Gasteiger partial charge in [0.1, 0.15) is 0 Å². The number of aliphatic hydroxyl groups excluding tert-OH is 1. The molecule has 17 heavy (non-hydrogen) atoms. The van der Waals surface area contributed by atoms with Crippen LogP contribution in [0.15, 0.2) is 0 Å². The molecule has 100 valence electrons. The molecule has 1 N–H and O–H groups in total.